The van der Waals surface area contributed by atoms with Gasteiger partial charge in [0.15, 0.2) is 0 Å². The molecule has 0 amide bonds. The van der Waals surface area contributed by atoms with E-state index in [2.05, 4.69) is 30.1 Å². The number of piperidine rings is 1. The van der Waals surface area contributed by atoms with Gasteiger partial charge < -0.3 is 14.8 Å². The zero-order valence-corrected chi connectivity index (χ0v) is 12.2. The van der Waals surface area contributed by atoms with Crippen molar-refractivity contribution in [1.82, 2.24) is 14.8 Å². The van der Waals surface area contributed by atoms with Gasteiger partial charge in [0, 0.05) is 25.3 Å². The molecule has 0 unspecified atom stereocenters. The number of hydrogen-bond acceptors (Lipinski definition) is 3. The highest BCUT2D eigenvalue weighted by Crippen LogP contribution is 2.15. The fourth-order valence-corrected chi connectivity index (χ4v) is 2.76. The van der Waals surface area contributed by atoms with Gasteiger partial charge in [0.2, 0.25) is 0 Å². The summed E-state index contributed by atoms with van der Waals surface area (Å²) < 4.78 is 1.97. The maximum atomic E-state index is 9.03. The van der Waals surface area contributed by atoms with Crippen LogP contribution in [-0.2, 0) is 13.6 Å². The second kappa shape index (κ2) is 6.23. The van der Waals surface area contributed by atoms with Crippen molar-refractivity contribution in [3.8, 4) is 6.07 Å². The van der Waals surface area contributed by atoms with Crippen LogP contribution in [0.2, 0.25) is 0 Å². The Labute approximate surface area is 116 Å². The molecule has 1 aromatic rings. The lowest BCUT2D eigenvalue weighted by Gasteiger charge is -2.31. The minimum absolute atomic E-state index is 0.618. The second-order valence-corrected chi connectivity index (χ2v) is 5.40. The Hall–Kier alpha value is -1.31. The van der Waals surface area contributed by atoms with Gasteiger partial charge in [-0.25, -0.2) is 0 Å². The van der Waals surface area contributed by atoms with Gasteiger partial charge in [0.05, 0.1) is 0 Å². The van der Waals surface area contributed by atoms with Gasteiger partial charge in [0.25, 0.3) is 0 Å². The Morgan fingerprint density at radius 2 is 2.11 bits per heavy atom. The van der Waals surface area contributed by atoms with Crippen LogP contribution in [0.15, 0.2) is 6.07 Å². The molecule has 2 heterocycles. The number of likely N-dealkylation sites (tertiary alicyclic amines) is 1. The van der Waals surface area contributed by atoms with Crippen molar-refractivity contribution < 1.29 is 0 Å². The highest BCUT2D eigenvalue weighted by Gasteiger charge is 2.18. The Morgan fingerprint density at radius 1 is 1.42 bits per heavy atom. The molecule has 4 nitrogen and oxygen atoms in total. The summed E-state index contributed by atoms with van der Waals surface area (Å²) in [4.78, 5) is 2.50. The van der Waals surface area contributed by atoms with E-state index in [1.54, 1.807) is 0 Å². The number of nitriles is 1. The van der Waals surface area contributed by atoms with E-state index in [1.807, 2.05) is 17.7 Å². The van der Waals surface area contributed by atoms with Crippen LogP contribution >= 0.6 is 0 Å². The predicted molar refractivity (Wildman–Crippen MR) is 76.8 cm³/mol. The molecule has 1 aliphatic heterocycles. The highest BCUT2D eigenvalue weighted by molar-refractivity contribution is 5.34. The smallest absolute Gasteiger partial charge is 0.120 e. The Balaban J connectivity index is 1.88. The molecular formula is C15H24N4. The van der Waals surface area contributed by atoms with Crippen molar-refractivity contribution >= 4 is 0 Å². The van der Waals surface area contributed by atoms with E-state index in [0.717, 1.165) is 18.8 Å². The van der Waals surface area contributed by atoms with Gasteiger partial charge in [-0.15, -0.1) is 0 Å². The maximum absolute atomic E-state index is 9.03. The first-order valence-electron chi connectivity index (χ1n) is 7.16. The predicted octanol–water partition coefficient (Wildman–Crippen LogP) is 1.78. The molecule has 0 aliphatic carbocycles. The van der Waals surface area contributed by atoms with Gasteiger partial charge in [-0.05, 0) is 51.0 Å². The van der Waals surface area contributed by atoms with Crippen molar-refractivity contribution in [2.75, 3.05) is 19.6 Å². The standard InChI is InChI=1S/C15H24N4/c1-4-19-7-5-14(6-8-19)17-11-13-9-15(10-16)18(3)12(13)2/h9,14,17H,4-8,11H2,1-3H3. The summed E-state index contributed by atoms with van der Waals surface area (Å²) in [6.45, 7) is 8.74. The summed E-state index contributed by atoms with van der Waals surface area (Å²) in [7, 11) is 1.96. The summed E-state index contributed by atoms with van der Waals surface area (Å²) in [6.07, 6.45) is 2.45. The van der Waals surface area contributed by atoms with Gasteiger partial charge >= 0.3 is 0 Å². The minimum Gasteiger partial charge on any atom is -0.340 e. The Kier molecular flexibility index (Phi) is 4.62. The summed E-state index contributed by atoms with van der Waals surface area (Å²) in [6, 6.07) is 4.86. The van der Waals surface area contributed by atoms with Crippen molar-refractivity contribution in [2.24, 2.45) is 7.05 Å². The normalized spacial score (nSPS) is 17.6. The summed E-state index contributed by atoms with van der Waals surface area (Å²) >= 11 is 0. The second-order valence-electron chi connectivity index (χ2n) is 5.40. The van der Waals surface area contributed by atoms with E-state index >= 15 is 0 Å². The lowest BCUT2D eigenvalue weighted by atomic mass is 10.0. The molecule has 2 rings (SSSR count). The number of nitrogens with zero attached hydrogens (tertiary/aromatic N) is 3. The molecule has 1 fully saturated rings. The minimum atomic E-state index is 0.618. The molecule has 0 radical (unpaired) electrons. The van der Waals surface area contributed by atoms with E-state index in [0.29, 0.717) is 6.04 Å². The fraction of sp³-hybridized carbons (Fsp3) is 0.667. The number of hydrogen-bond donors (Lipinski definition) is 1. The van der Waals surface area contributed by atoms with Crippen molar-refractivity contribution in [3.05, 3.63) is 23.0 Å². The first-order chi connectivity index (χ1) is 9.15. The SMILES string of the molecule is CCN1CCC(NCc2cc(C#N)n(C)c2C)CC1. The molecule has 4 heteroatoms. The van der Waals surface area contributed by atoms with Crippen LogP contribution in [0.5, 0.6) is 0 Å². The zero-order chi connectivity index (χ0) is 13.8. The maximum Gasteiger partial charge on any atom is 0.120 e. The molecule has 0 atom stereocenters. The van der Waals surface area contributed by atoms with Gasteiger partial charge in [-0.1, -0.05) is 6.92 Å². The summed E-state index contributed by atoms with van der Waals surface area (Å²) in [5.74, 6) is 0. The number of rotatable bonds is 4. The molecule has 1 N–H and O–H groups in total. The fourth-order valence-electron chi connectivity index (χ4n) is 2.76. The first kappa shape index (κ1) is 14.1. The van der Waals surface area contributed by atoms with Gasteiger partial charge in [-0.2, -0.15) is 5.26 Å². The van der Waals surface area contributed by atoms with E-state index < -0.39 is 0 Å². The third kappa shape index (κ3) is 3.17. The van der Waals surface area contributed by atoms with E-state index in [1.165, 1.54) is 37.2 Å². The quantitative estimate of drug-likeness (QED) is 0.897. The Morgan fingerprint density at radius 3 is 2.63 bits per heavy atom. The molecular weight excluding hydrogens is 236 g/mol. The summed E-state index contributed by atoms with van der Waals surface area (Å²) in [5.41, 5.74) is 3.18. The topological polar surface area (TPSA) is 44.0 Å². The van der Waals surface area contributed by atoms with Crippen LogP contribution in [0.25, 0.3) is 0 Å². The Bertz CT molecular complexity index is 461. The average molecular weight is 260 g/mol. The van der Waals surface area contributed by atoms with E-state index in [-0.39, 0.29) is 0 Å². The molecule has 0 spiro atoms. The molecule has 0 saturated carbocycles. The van der Waals surface area contributed by atoms with Gasteiger partial charge in [0.1, 0.15) is 11.8 Å². The van der Waals surface area contributed by atoms with E-state index in [4.69, 9.17) is 5.26 Å². The van der Waals surface area contributed by atoms with Crippen LogP contribution in [0, 0.1) is 18.3 Å². The third-order valence-corrected chi connectivity index (χ3v) is 4.37. The molecule has 104 valence electrons. The molecule has 1 saturated heterocycles. The number of nitrogens with one attached hydrogen (secondary N) is 1. The molecule has 19 heavy (non-hydrogen) atoms. The summed E-state index contributed by atoms with van der Waals surface area (Å²) in [5, 5.41) is 12.7. The van der Waals surface area contributed by atoms with Crippen LogP contribution in [0.3, 0.4) is 0 Å². The lowest BCUT2D eigenvalue weighted by molar-refractivity contribution is 0.206. The highest BCUT2D eigenvalue weighted by atomic mass is 15.1. The van der Waals surface area contributed by atoms with Crippen LogP contribution in [-0.4, -0.2) is 35.1 Å². The zero-order valence-electron chi connectivity index (χ0n) is 12.2. The van der Waals surface area contributed by atoms with E-state index in [9.17, 15) is 0 Å². The van der Waals surface area contributed by atoms with Crippen LogP contribution < -0.4 is 5.32 Å². The molecule has 1 aliphatic rings. The largest absolute Gasteiger partial charge is 0.340 e. The molecule has 0 aromatic carbocycles. The van der Waals surface area contributed by atoms with Crippen LogP contribution in [0.4, 0.5) is 0 Å². The van der Waals surface area contributed by atoms with Crippen molar-refractivity contribution in [1.29, 1.82) is 5.26 Å². The van der Waals surface area contributed by atoms with Crippen molar-refractivity contribution in [2.45, 2.75) is 39.3 Å². The third-order valence-electron chi connectivity index (χ3n) is 4.37. The van der Waals surface area contributed by atoms with Crippen molar-refractivity contribution in [3.63, 3.8) is 0 Å². The molecule has 1 aromatic heterocycles. The monoisotopic (exact) mass is 260 g/mol. The first-order valence-corrected chi connectivity index (χ1v) is 7.16. The molecule has 0 bridgehead atoms. The van der Waals surface area contributed by atoms with Gasteiger partial charge in [-0.3, -0.25) is 0 Å². The van der Waals surface area contributed by atoms with Crippen LogP contribution in [0.1, 0.15) is 36.7 Å². The average Bonchev–Trinajstić information content (AvgIpc) is 2.73. The lowest BCUT2D eigenvalue weighted by Crippen LogP contribution is -2.42. The number of aromatic nitrogens is 1.